The topological polar surface area (TPSA) is 109 Å². The predicted octanol–water partition coefficient (Wildman–Crippen LogP) is 2.54. The zero-order chi connectivity index (χ0) is 23.4. The van der Waals surface area contributed by atoms with Gasteiger partial charge in [0.15, 0.2) is 10.8 Å². The molecule has 174 valence electrons. The summed E-state index contributed by atoms with van der Waals surface area (Å²) in [5.74, 6) is -0.157. The molecule has 1 aliphatic heterocycles. The summed E-state index contributed by atoms with van der Waals surface area (Å²) < 4.78 is 1.73. The van der Waals surface area contributed by atoms with Crippen LogP contribution in [0.15, 0.2) is 35.4 Å². The number of aryl methyl sites for hydroxylation is 1. The van der Waals surface area contributed by atoms with Gasteiger partial charge < -0.3 is 15.5 Å². The van der Waals surface area contributed by atoms with Crippen LogP contribution in [0, 0.1) is 12.8 Å². The summed E-state index contributed by atoms with van der Waals surface area (Å²) in [6, 6.07) is 7.49. The first-order valence-corrected chi connectivity index (χ1v) is 12.0. The van der Waals surface area contributed by atoms with Gasteiger partial charge in [0.2, 0.25) is 11.8 Å². The second-order valence-electron chi connectivity index (χ2n) is 8.30. The number of hydrogen-bond acceptors (Lipinski definition) is 7. The molecule has 0 radical (unpaired) electrons. The third kappa shape index (κ3) is 5.39. The minimum Gasteiger partial charge on any atom is -0.356 e. The van der Waals surface area contributed by atoms with Crippen LogP contribution in [0.3, 0.4) is 0 Å². The minimum atomic E-state index is -0.294. The summed E-state index contributed by atoms with van der Waals surface area (Å²) in [5, 5.41) is 6.50. The highest BCUT2D eigenvalue weighted by atomic mass is 32.1. The Kier molecular flexibility index (Phi) is 7.02. The van der Waals surface area contributed by atoms with Gasteiger partial charge in [-0.15, -0.1) is 0 Å². The molecule has 2 amide bonds. The average Bonchev–Trinajstić information content (AvgIpc) is 3.25. The molecule has 4 rings (SSSR count). The molecular weight excluding hydrogens is 440 g/mol. The summed E-state index contributed by atoms with van der Waals surface area (Å²) >= 11 is 1.29. The lowest BCUT2D eigenvalue weighted by molar-refractivity contribution is -0.125. The second kappa shape index (κ2) is 10.1. The summed E-state index contributed by atoms with van der Waals surface area (Å²) in [4.78, 5) is 48.5. The molecule has 3 heterocycles. The smallest absolute Gasteiger partial charge is 0.273 e. The summed E-state index contributed by atoms with van der Waals surface area (Å²) in [6.07, 6.45) is 3.80. The Bertz CT molecular complexity index is 1210. The summed E-state index contributed by atoms with van der Waals surface area (Å²) in [5.41, 5.74) is 1.83. The van der Waals surface area contributed by atoms with E-state index in [2.05, 4.69) is 25.5 Å². The number of nitrogens with one attached hydrogen (secondary N) is 2. The van der Waals surface area contributed by atoms with E-state index in [1.807, 2.05) is 32.0 Å². The third-order valence-electron chi connectivity index (χ3n) is 5.67. The molecule has 0 aliphatic carbocycles. The van der Waals surface area contributed by atoms with E-state index in [0.29, 0.717) is 35.7 Å². The number of fused-ring (bicyclic) bond motifs is 1. The number of carbonyl (C=O) groups excluding carboxylic acids is 2. The second-order valence-corrected chi connectivity index (χ2v) is 9.27. The molecule has 9 nitrogen and oxygen atoms in total. The van der Waals surface area contributed by atoms with Crippen LogP contribution in [0.1, 0.15) is 31.7 Å². The molecule has 1 saturated heterocycles. The van der Waals surface area contributed by atoms with E-state index in [-0.39, 0.29) is 29.8 Å². The monoisotopic (exact) mass is 468 g/mol. The van der Waals surface area contributed by atoms with Crippen molar-refractivity contribution in [2.75, 3.05) is 29.9 Å². The molecule has 10 heteroatoms. The number of thiazole rings is 1. The van der Waals surface area contributed by atoms with Gasteiger partial charge in [-0.25, -0.2) is 4.98 Å². The van der Waals surface area contributed by atoms with Crippen molar-refractivity contribution in [1.82, 2.24) is 19.9 Å². The maximum absolute atomic E-state index is 13.0. The largest absolute Gasteiger partial charge is 0.356 e. The molecule has 33 heavy (non-hydrogen) atoms. The number of benzene rings is 1. The van der Waals surface area contributed by atoms with Crippen LogP contribution < -0.4 is 21.1 Å². The molecule has 0 unspecified atom stereocenters. The van der Waals surface area contributed by atoms with Gasteiger partial charge >= 0.3 is 0 Å². The predicted molar refractivity (Wildman–Crippen MR) is 130 cm³/mol. The normalized spacial score (nSPS) is 14.4. The highest BCUT2D eigenvalue weighted by Gasteiger charge is 2.26. The van der Waals surface area contributed by atoms with Crippen molar-refractivity contribution in [3.8, 4) is 0 Å². The van der Waals surface area contributed by atoms with E-state index in [9.17, 15) is 14.4 Å². The minimum absolute atomic E-state index is 0.0180. The van der Waals surface area contributed by atoms with E-state index in [4.69, 9.17) is 0 Å². The van der Waals surface area contributed by atoms with Crippen molar-refractivity contribution in [3.05, 3.63) is 46.5 Å². The van der Waals surface area contributed by atoms with E-state index < -0.39 is 0 Å². The Balaban J connectivity index is 1.42. The van der Waals surface area contributed by atoms with Crippen molar-refractivity contribution in [3.63, 3.8) is 0 Å². The number of rotatable bonds is 7. The molecule has 0 bridgehead atoms. The molecule has 2 aromatic heterocycles. The number of piperidine rings is 1. The van der Waals surface area contributed by atoms with Crippen LogP contribution in [-0.2, 0) is 16.1 Å². The van der Waals surface area contributed by atoms with Gasteiger partial charge in [-0.2, -0.15) is 4.98 Å². The Morgan fingerprint density at radius 3 is 2.76 bits per heavy atom. The van der Waals surface area contributed by atoms with E-state index in [1.54, 1.807) is 6.07 Å². The number of nitrogens with zero attached hydrogens (tertiary/aromatic N) is 4. The van der Waals surface area contributed by atoms with Crippen LogP contribution in [0.25, 0.3) is 10.3 Å². The lowest BCUT2D eigenvalue weighted by Crippen LogP contribution is -2.40. The van der Waals surface area contributed by atoms with E-state index in [0.717, 1.165) is 30.0 Å². The van der Waals surface area contributed by atoms with Crippen LogP contribution in [-0.4, -0.2) is 46.0 Å². The highest BCUT2D eigenvalue weighted by Crippen LogP contribution is 2.29. The lowest BCUT2D eigenvalue weighted by atomic mass is 9.96. The maximum atomic E-state index is 13.0. The number of carbonyl (C=O) groups is 2. The zero-order valence-corrected chi connectivity index (χ0v) is 19.7. The maximum Gasteiger partial charge on any atom is 0.273 e. The van der Waals surface area contributed by atoms with Crippen LogP contribution in [0.4, 0.5) is 10.8 Å². The first-order chi connectivity index (χ1) is 15.9. The lowest BCUT2D eigenvalue weighted by Gasteiger charge is -2.30. The molecule has 3 aromatic rings. The highest BCUT2D eigenvalue weighted by molar-refractivity contribution is 7.22. The van der Waals surface area contributed by atoms with Crippen molar-refractivity contribution in [2.24, 2.45) is 5.92 Å². The zero-order valence-electron chi connectivity index (χ0n) is 18.8. The van der Waals surface area contributed by atoms with Gasteiger partial charge in [-0.1, -0.05) is 30.4 Å². The fourth-order valence-corrected chi connectivity index (χ4v) is 4.91. The van der Waals surface area contributed by atoms with E-state index in [1.165, 1.54) is 22.2 Å². The number of aromatic nitrogens is 3. The van der Waals surface area contributed by atoms with Crippen molar-refractivity contribution >= 4 is 44.3 Å². The fraction of sp³-hybridized carbons (Fsp3) is 0.435. The van der Waals surface area contributed by atoms with Gasteiger partial charge in [0.05, 0.1) is 0 Å². The Morgan fingerprint density at radius 1 is 1.24 bits per heavy atom. The van der Waals surface area contributed by atoms with Gasteiger partial charge in [-0.05, 0) is 43.9 Å². The number of amides is 2. The van der Waals surface area contributed by atoms with Crippen LogP contribution in [0.2, 0.25) is 0 Å². The molecule has 2 N–H and O–H groups in total. The van der Waals surface area contributed by atoms with Crippen molar-refractivity contribution < 1.29 is 9.59 Å². The first-order valence-electron chi connectivity index (χ1n) is 11.2. The number of hydrogen-bond donors (Lipinski definition) is 2. The molecule has 1 aromatic carbocycles. The Morgan fingerprint density at radius 2 is 2.03 bits per heavy atom. The van der Waals surface area contributed by atoms with Gasteiger partial charge in [0, 0.05) is 31.2 Å². The number of anilines is 2. The van der Waals surface area contributed by atoms with E-state index >= 15 is 0 Å². The fourth-order valence-electron chi connectivity index (χ4n) is 3.89. The Labute approximate surface area is 195 Å². The molecule has 1 fully saturated rings. The van der Waals surface area contributed by atoms with Gasteiger partial charge in [0.25, 0.3) is 5.56 Å². The first kappa shape index (κ1) is 22.9. The summed E-state index contributed by atoms with van der Waals surface area (Å²) in [6.45, 7) is 5.98. The van der Waals surface area contributed by atoms with Crippen molar-refractivity contribution in [1.29, 1.82) is 0 Å². The average molecular weight is 469 g/mol. The third-order valence-corrected chi connectivity index (χ3v) is 6.77. The Hall–Kier alpha value is -3.27. The molecule has 0 spiro atoms. The quantitative estimate of drug-likeness (QED) is 0.552. The van der Waals surface area contributed by atoms with Crippen LogP contribution >= 0.6 is 11.3 Å². The SMILES string of the molecule is CCCNC(=O)C1CCN(c2nc3ncn(CC(=O)Nc4cccc(C)c4)c(=O)c3s2)CC1. The molecule has 0 atom stereocenters. The van der Waals surface area contributed by atoms with Crippen LogP contribution in [0.5, 0.6) is 0 Å². The molecule has 0 saturated carbocycles. The van der Waals surface area contributed by atoms with Gasteiger partial charge in [-0.3, -0.25) is 19.0 Å². The van der Waals surface area contributed by atoms with Gasteiger partial charge in [0.1, 0.15) is 17.6 Å². The molecule has 1 aliphatic rings. The standard InChI is InChI=1S/C23H28N6O3S/c1-3-9-24-21(31)16-7-10-28(11-8-16)23-27-20-19(33-23)22(32)29(14-25-20)13-18(30)26-17-6-4-5-15(2)12-17/h4-6,12,14,16H,3,7-11,13H2,1-2H3,(H,24,31)(H,26,30). The van der Waals surface area contributed by atoms with Crippen molar-refractivity contribution in [2.45, 2.75) is 39.7 Å². The summed E-state index contributed by atoms with van der Waals surface area (Å²) in [7, 11) is 0. The molecular formula is C23H28N6O3S.